The molecule has 1 saturated heterocycles. The fourth-order valence-electron chi connectivity index (χ4n) is 4.47. The van der Waals surface area contributed by atoms with Gasteiger partial charge in [-0.15, -0.1) is 0 Å². The average molecular weight is 268 g/mol. The zero-order valence-electron chi connectivity index (χ0n) is 14.4. The number of hydrogen-bond donors (Lipinski definition) is 0. The molecule has 0 saturated carbocycles. The lowest BCUT2D eigenvalue weighted by Gasteiger charge is -2.55. The Morgan fingerprint density at radius 2 is 1.32 bits per heavy atom. The van der Waals surface area contributed by atoms with Gasteiger partial charge in [0.05, 0.1) is 0 Å². The predicted octanol–water partition coefficient (Wildman–Crippen LogP) is 5.64. The van der Waals surface area contributed by atoms with Crippen LogP contribution in [0.2, 0.25) is 0 Å². The lowest BCUT2D eigenvalue weighted by atomic mass is 9.74. The van der Waals surface area contributed by atoms with Crippen molar-refractivity contribution < 1.29 is 0 Å². The van der Waals surface area contributed by atoms with Crippen LogP contribution in [0, 0.1) is 5.92 Å². The van der Waals surface area contributed by atoms with E-state index in [0.29, 0.717) is 11.1 Å². The summed E-state index contributed by atoms with van der Waals surface area (Å²) in [5.41, 5.74) is 0.759. The van der Waals surface area contributed by atoms with E-state index in [9.17, 15) is 0 Å². The molecular weight excluding hydrogens is 230 g/mol. The van der Waals surface area contributed by atoms with E-state index in [1.54, 1.807) is 0 Å². The Kier molecular flexibility index (Phi) is 6.36. The highest BCUT2D eigenvalue weighted by Crippen LogP contribution is 2.41. The van der Waals surface area contributed by atoms with Crippen molar-refractivity contribution in [3.8, 4) is 0 Å². The summed E-state index contributed by atoms with van der Waals surface area (Å²) in [5.74, 6) is 0.866. The van der Waals surface area contributed by atoms with Crippen molar-refractivity contribution in [3.63, 3.8) is 0 Å². The van der Waals surface area contributed by atoms with Crippen LogP contribution in [0.4, 0.5) is 0 Å². The second kappa shape index (κ2) is 7.11. The molecule has 19 heavy (non-hydrogen) atoms. The van der Waals surface area contributed by atoms with Crippen LogP contribution >= 0.6 is 0 Å². The molecule has 1 aliphatic heterocycles. The van der Waals surface area contributed by atoms with Crippen LogP contribution in [-0.4, -0.2) is 22.5 Å². The summed E-state index contributed by atoms with van der Waals surface area (Å²) in [6.45, 7) is 15.8. The monoisotopic (exact) mass is 267 g/mol. The molecular formula is C18H37N. The molecule has 0 N–H and O–H groups in total. The molecule has 1 aliphatic rings. The topological polar surface area (TPSA) is 3.24 Å². The Bertz CT molecular complexity index is 236. The Morgan fingerprint density at radius 3 is 1.84 bits per heavy atom. The zero-order chi connectivity index (χ0) is 14.5. The van der Waals surface area contributed by atoms with Crippen LogP contribution in [0.1, 0.15) is 92.9 Å². The van der Waals surface area contributed by atoms with Gasteiger partial charge in [0.15, 0.2) is 0 Å². The van der Waals surface area contributed by atoms with Crippen molar-refractivity contribution in [1.82, 2.24) is 4.90 Å². The van der Waals surface area contributed by atoms with Crippen molar-refractivity contribution in [2.24, 2.45) is 5.92 Å². The summed E-state index contributed by atoms with van der Waals surface area (Å²) in [6.07, 6.45) is 11.1. The molecule has 114 valence electrons. The van der Waals surface area contributed by atoms with Crippen LogP contribution in [0.5, 0.6) is 0 Å². The third-order valence-electron chi connectivity index (χ3n) is 4.89. The van der Waals surface area contributed by atoms with Gasteiger partial charge in [-0.3, -0.25) is 4.90 Å². The van der Waals surface area contributed by atoms with E-state index < -0.39 is 0 Å². The van der Waals surface area contributed by atoms with E-state index in [-0.39, 0.29) is 0 Å². The first-order valence-electron chi connectivity index (χ1n) is 8.57. The quantitative estimate of drug-likeness (QED) is 0.540. The first kappa shape index (κ1) is 17.0. The van der Waals surface area contributed by atoms with Gasteiger partial charge in [-0.05, 0) is 59.4 Å². The van der Waals surface area contributed by atoms with E-state index in [0.717, 1.165) is 5.92 Å². The molecule has 0 unspecified atom stereocenters. The van der Waals surface area contributed by atoms with Gasteiger partial charge in [0, 0.05) is 11.1 Å². The molecule has 1 heteroatoms. The van der Waals surface area contributed by atoms with Gasteiger partial charge in [0.1, 0.15) is 0 Å². The molecule has 0 radical (unpaired) electrons. The minimum absolute atomic E-state index is 0.380. The number of rotatable bonds is 7. The Balaban J connectivity index is 2.41. The van der Waals surface area contributed by atoms with Gasteiger partial charge in [0.25, 0.3) is 0 Å². The maximum absolute atomic E-state index is 2.79. The van der Waals surface area contributed by atoms with Crippen LogP contribution in [0.15, 0.2) is 0 Å². The smallest absolute Gasteiger partial charge is 0.0161 e. The lowest BCUT2D eigenvalue weighted by Crippen LogP contribution is -2.60. The molecule has 0 bridgehead atoms. The zero-order valence-corrected chi connectivity index (χ0v) is 14.4. The Hall–Kier alpha value is -0.0400. The summed E-state index contributed by atoms with van der Waals surface area (Å²) < 4.78 is 0. The molecule has 1 rings (SSSR count). The van der Waals surface area contributed by atoms with Crippen molar-refractivity contribution in [2.75, 3.05) is 6.54 Å². The van der Waals surface area contributed by atoms with E-state index >= 15 is 0 Å². The van der Waals surface area contributed by atoms with Crippen molar-refractivity contribution in [2.45, 2.75) is 104 Å². The SMILES string of the molecule is CCCCCCCCN1C(C)(C)CC(C)CC1(C)C. The summed E-state index contributed by atoms with van der Waals surface area (Å²) in [7, 11) is 0. The second-order valence-corrected chi connectivity index (χ2v) is 8.06. The summed E-state index contributed by atoms with van der Waals surface area (Å²) in [5, 5.41) is 0. The minimum atomic E-state index is 0.380. The number of likely N-dealkylation sites (tertiary alicyclic amines) is 1. The van der Waals surface area contributed by atoms with Gasteiger partial charge in [0.2, 0.25) is 0 Å². The molecule has 0 spiro atoms. The number of nitrogens with zero attached hydrogens (tertiary/aromatic N) is 1. The molecule has 0 aliphatic carbocycles. The molecule has 1 heterocycles. The lowest BCUT2D eigenvalue weighted by molar-refractivity contribution is -0.0484. The van der Waals surface area contributed by atoms with Crippen LogP contribution in [0.3, 0.4) is 0 Å². The largest absolute Gasteiger partial charge is 0.293 e. The van der Waals surface area contributed by atoms with Crippen LogP contribution in [-0.2, 0) is 0 Å². The fourth-order valence-corrected chi connectivity index (χ4v) is 4.47. The van der Waals surface area contributed by atoms with Gasteiger partial charge in [-0.2, -0.15) is 0 Å². The van der Waals surface area contributed by atoms with Crippen LogP contribution in [0.25, 0.3) is 0 Å². The van der Waals surface area contributed by atoms with Crippen LogP contribution < -0.4 is 0 Å². The minimum Gasteiger partial charge on any atom is -0.293 e. The highest BCUT2D eigenvalue weighted by molar-refractivity contribution is 4.98. The van der Waals surface area contributed by atoms with E-state index in [4.69, 9.17) is 0 Å². The van der Waals surface area contributed by atoms with Gasteiger partial charge in [-0.25, -0.2) is 0 Å². The molecule has 0 amide bonds. The first-order chi connectivity index (χ1) is 8.79. The van der Waals surface area contributed by atoms with E-state index in [2.05, 4.69) is 46.4 Å². The molecule has 1 fully saturated rings. The Labute approximate surface area is 122 Å². The first-order valence-corrected chi connectivity index (χ1v) is 8.57. The van der Waals surface area contributed by atoms with Gasteiger partial charge >= 0.3 is 0 Å². The summed E-state index contributed by atoms with van der Waals surface area (Å²) in [6, 6.07) is 0. The molecule has 0 atom stereocenters. The average Bonchev–Trinajstić information content (AvgIpc) is 2.23. The second-order valence-electron chi connectivity index (χ2n) is 8.06. The summed E-state index contributed by atoms with van der Waals surface area (Å²) >= 11 is 0. The van der Waals surface area contributed by atoms with Gasteiger partial charge < -0.3 is 0 Å². The van der Waals surface area contributed by atoms with Crippen molar-refractivity contribution in [3.05, 3.63) is 0 Å². The third kappa shape index (κ3) is 5.10. The van der Waals surface area contributed by atoms with E-state index in [1.165, 1.54) is 57.9 Å². The van der Waals surface area contributed by atoms with Crippen molar-refractivity contribution >= 4 is 0 Å². The highest BCUT2D eigenvalue weighted by atomic mass is 15.3. The highest BCUT2D eigenvalue weighted by Gasteiger charge is 2.43. The Morgan fingerprint density at radius 1 is 0.842 bits per heavy atom. The summed E-state index contributed by atoms with van der Waals surface area (Å²) in [4.78, 5) is 2.79. The predicted molar refractivity (Wildman–Crippen MR) is 86.6 cm³/mol. The maximum atomic E-state index is 2.79. The van der Waals surface area contributed by atoms with Crippen molar-refractivity contribution in [1.29, 1.82) is 0 Å². The standard InChI is InChI=1S/C18H37N/c1-7-8-9-10-11-12-13-19-17(3,4)14-16(2)15-18(19,5)6/h16H,7-15H2,1-6H3. The molecule has 0 aromatic heterocycles. The third-order valence-corrected chi connectivity index (χ3v) is 4.89. The van der Waals surface area contributed by atoms with E-state index in [1.807, 2.05) is 0 Å². The number of hydrogen-bond acceptors (Lipinski definition) is 1. The molecule has 1 nitrogen and oxygen atoms in total. The van der Waals surface area contributed by atoms with Gasteiger partial charge in [-0.1, -0.05) is 46.0 Å². The molecule has 0 aromatic carbocycles. The fraction of sp³-hybridized carbons (Fsp3) is 1.00. The normalized spacial score (nSPS) is 23.7. The number of piperidine rings is 1. The molecule has 0 aromatic rings. The number of unbranched alkanes of at least 4 members (excludes halogenated alkanes) is 5. The maximum Gasteiger partial charge on any atom is 0.0161 e.